The van der Waals surface area contributed by atoms with Crippen molar-refractivity contribution in [3.8, 4) is 0 Å². The molecule has 8 nitrogen and oxygen atoms in total. The molecule has 0 bridgehead atoms. The van der Waals surface area contributed by atoms with Crippen molar-refractivity contribution in [3.05, 3.63) is 142 Å². The molecule has 0 saturated heterocycles. The Balaban J connectivity index is 1.51. The van der Waals surface area contributed by atoms with Crippen LogP contribution in [0.15, 0.2) is 118 Å². The molecule has 0 amide bonds. The summed E-state index contributed by atoms with van der Waals surface area (Å²) in [5, 5.41) is 7.63. The molecule has 41 heavy (non-hydrogen) atoms. The molecule has 3 aromatic rings. The Morgan fingerprint density at radius 2 is 2.05 bits per heavy atom. The summed E-state index contributed by atoms with van der Waals surface area (Å²) in [5.41, 5.74) is 6.16. The SMILES string of the molecule is C=C=CC(F)=CC=C(C)c1cnc(C2CC3=C(NC4C=CC=CC34)C(c3ccccc3)(c3oc(=O)n(C)[n+]3C)N2)[nH]1. The molecule has 2 aromatic heterocycles. The molecule has 3 N–H and O–H groups in total. The van der Waals surface area contributed by atoms with Crippen LogP contribution in [0.25, 0.3) is 5.57 Å². The number of aromatic nitrogens is 4. The van der Waals surface area contributed by atoms with Gasteiger partial charge < -0.3 is 14.7 Å². The van der Waals surface area contributed by atoms with Crippen LogP contribution in [0.1, 0.15) is 42.4 Å². The van der Waals surface area contributed by atoms with E-state index in [9.17, 15) is 9.18 Å². The molecule has 1 aliphatic carbocycles. The maximum absolute atomic E-state index is 13.9. The van der Waals surface area contributed by atoms with Gasteiger partial charge in [-0.05, 0) is 36.1 Å². The van der Waals surface area contributed by atoms with E-state index in [0.29, 0.717) is 12.3 Å². The van der Waals surface area contributed by atoms with Crippen molar-refractivity contribution in [2.24, 2.45) is 20.0 Å². The number of nitrogens with one attached hydrogen (secondary N) is 3. The van der Waals surface area contributed by atoms with Crippen molar-refractivity contribution < 1.29 is 13.5 Å². The lowest BCUT2D eigenvalue weighted by atomic mass is 9.76. The van der Waals surface area contributed by atoms with Gasteiger partial charge in [-0.3, -0.25) is 5.32 Å². The average Bonchev–Trinajstić information content (AvgIpc) is 3.70. The number of benzene rings is 1. The molecule has 208 valence electrons. The highest BCUT2D eigenvalue weighted by molar-refractivity contribution is 5.62. The summed E-state index contributed by atoms with van der Waals surface area (Å²) in [6.07, 6.45) is 15.2. The van der Waals surface area contributed by atoms with Gasteiger partial charge in [0.05, 0.1) is 36.7 Å². The van der Waals surface area contributed by atoms with Crippen molar-refractivity contribution in [1.82, 2.24) is 25.3 Å². The third-order valence-electron chi connectivity index (χ3n) is 8.16. The lowest BCUT2D eigenvalue weighted by molar-refractivity contribution is -0.765. The van der Waals surface area contributed by atoms with E-state index in [0.717, 1.165) is 28.4 Å². The van der Waals surface area contributed by atoms with Crippen LogP contribution >= 0.6 is 0 Å². The second kappa shape index (κ2) is 10.4. The number of rotatable bonds is 6. The smallest absolute Gasteiger partial charge is 0.379 e. The first-order chi connectivity index (χ1) is 19.8. The highest BCUT2D eigenvalue weighted by Crippen LogP contribution is 2.49. The van der Waals surface area contributed by atoms with Gasteiger partial charge in [0.2, 0.25) is 5.54 Å². The minimum absolute atomic E-state index is 0.0815. The Morgan fingerprint density at radius 3 is 2.78 bits per heavy atom. The first-order valence-electron chi connectivity index (χ1n) is 13.5. The van der Waals surface area contributed by atoms with Crippen molar-refractivity contribution in [2.75, 3.05) is 0 Å². The number of halogens is 1. The summed E-state index contributed by atoms with van der Waals surface area (Å²) in [4.78, 5) is 21.0. The van der Waals surface area contributed by atoms with Gasteiger partial charge in [-0.15, -0.1) is 5.73 Å². The van der Waals surface area contributed by atoms with Gasteiger partial charge in [0.1, 0.15) is 11.7 Å². The number of aromatic amines is 1. The standard InChI is InChI=1S/C32H32FN6O2/c1-5-11-22(33)17-16-20(2)27-19-34-29(36-27)26-18-24-23-14-9-10-15-25(23)35-28(24)32(37-26,21-12-7-6-8-13-21)30-38(3)39(4)31(40)41-30/h6-17,19,23,25-26,35,37H,1,18H2,2-4H3,(H,34,36)/q+1. The molecule has 9 heteroatoms. The maximum Gasteiger partial charge on any atom is 0.472 e. The molecule has 6 rings (SSSR count). The van der Waals surface area contributed by atoms with E-state index in [1.165, 1.54) is 22.4 Å². The first kappa shape index (κ1) is 26.5. The molecule has 2 aliphatic heterocycles. The minimum atomic E-state index is -1.01. The lowest BCUT2D eigenvalue weighted by Gasteiger charge is -2.39. The number of nitrogens with zero attached hydrogens (tertiary/aromatic N) is 3. The van der Waals surface area contributed by atoms with Gasteiger partial charge in [0.15, 0.2) is 7.05 Å². The first-order valence-corrected chi connectivity index (χ1v) is 13.5. The summed E-state index contributed by atoms with van der Waals surface area (Å²) in [7, 11) is 3.51. The topological polar surface area (TPSA) is 91.8 Å². The van der Waals surface area contributed by atoms with Gasteiger partial charge in [-0.1, -0.05) is 76.7 Å². The molecular formula is C32H32FN6O2+. The van der Waals surface area contributed by atoms with Gasteiger partial charge in [-0.2, -0.15) is 0 Å². The van der Waals surface area contributed by atoms with Crippen LogP contribution in [0.5, 0.6) is 0 Å². The zero-order valence-corrected chi connectivity index (χ0v) is 23.2. The predicted molar refractivity (Wildman–Crippen MR) is 154 cm³/mol. The van der Waals surface area contributed by atoms with Gasteiger partial charge in [0.25, 0.3) is 0 Å². The molecule has 4 unspecified atom stereocenters. The van der Waals surface area contributed by atoms with Crippen molar-refractivity contribution in [1.29, 1.82) is 0 Å². The molecular weight excluding hydrogens is 519 g/mol. The molecule has 0 spiro atoms. The molecule has 0 saturated carbocycles. The van der Waals surface area contributed by atoms with E-state index in [2.05, 4.69) is 52.2 Å². The van der Waals surface area contributed by atoms with Gasteiger partial charge >= 0.3 is 11.6 Å². The Hall–Kier alpha value is -4.72. The second-order valence-electron chi connectivity index (χ2n) is 10.5. The van der Waals surface area contributed by atoms with E-state index in [4.69, 9.17) is 9.40 Å². The maximum atomic E-state index is 13.9. The molecule has 0 radical (unpaired) electrons. The highest BCUT2D eigenvalue weighted by atomic mass is 19.1. The zero-order valence-electron chi connectivity index (χ0n) is 23.2. The van der Waals surface area contributed by atoms with Crippen LogP contribution in [0, 0.1) is 5.92 Å². The van der Waals surface area contributed by atoms with Crippen molar-refractivity contribution in [3.63, 3.8) is 0 Å². The number of fused-ring (bicyclic) bond motifs is 2. The third-order valence-corrected chi connectivity index (χ3v) is 8.16. The summed E-state index contributed by atoms with van der Waals surface area (Å²) in [6.45, 7) is 5.30. The summed E-state index contributed by atoms with van der Waals surface area (Å²) < 4.78 is 23.1. The van der Waals surface area contributed by atoms with E-state index in [-0.39, 0.29) is 18.0 Å². The molecule has 1 aromatic carbocycles. The molecule has 4 heterocycles. The highest BCUT2D eigenvalue weighted by Gasteiger charge is 2.58. The Kier molecular flexibility index (Phi) is 6.69. The van der Waals surface area contributed by atoms with Crippen LogP contribution in [-0.4, -0.2) is 20.7 Å². The summed E-state index contributed by atoms with van der Waals surface area (Å²) in [5.74, 6) is 0.452. The molecule has 0 fully saturated rings. The van der Waals surface area contributed by atoms with Gasteiger partial charge in [0, 0.05) is 12.0 Å². The quantitative estimate of drug-likeness (QED) is 0.244. The molecule has 4 atom stereocenters. The average molecular weight is 552 g/mol. The van der Waals surface area contributed by atoms with E-state index >= 15 is 0 Å². The number of hydrogen-bond acceptors (Lipinski definition) is 5. The van der Waals surface area contributed by atoms with Crippen LogP contribution in [0.4, 0.5) is 4.39 Å². The van der Waals surface area contributed by atoms with Crippen LogP contribution in [0.2, 0.25) is 0 Å². The Morgan fingerprint density at radius 1 is 1.27 bits per heavy atom. The van der Waals surface area contributed by atoms with Crippen molar-refractivity contribution in [2.45, 2.75) is 31.0 Å². The van der Waals surface area contributed by atoms with E-state index in [1.807, 2.05) is 44.3 Å². The predicted octanol–water partition coefficient (Wildman–Crippen LogP) is 4.07. The fraction of sp³-hybridized carbons (Fsp3) is 0.250. The Labute approximate surface area is 237 Å². The zero-order chi connectivity index (χ0) is 28.7. The van der Waals surface area contributed by atoms with Crippen LogP contribution in [-0.2, 0) is 19.6 Å². The van der Waals surface area contributed by atoms with Crippen LogP contribution < -0.4 is 21.1 Å². The second-order valence-corrected chi connectivity index (χ2v) is 10.5. The number of allylic oxidation sites excluding steroid dienone is 7. The Bertz CT molecular complexity index is 1760. The van der Waals surface area contributed by atoms with Crippen molar-refractivity contribution >= 4 is 5.57 Å². The summed E-state index contributed by atoms with van der Waals surface area (Å²) >= 11 is 0. The number of hydrogen-bond donors (Lipinski definition) is 3. The van der Waals surface area contributed by atoms with E-state index in [1.54, 1.807) is 24.0 Å². The van der Waals surface area contributed by atoms with Gasteiger partial charge in [-0.25, -0.2) is 14.2 Å². The fourth-order valence-corrected chi connectivity index (χ4v) is 6.02. The van der Waals surface area contributed by atoms with E-state index < -0.39 is 17.1 Å². The fourth-order valence-electron chi connectivity index (χ4n) is 6.02. The minimum Gasteiger partial charge on any atom is -0.379 e. The summed E-state index contributed by atoms with van der Waals surface area (Å²) in [6, 6.07) is 9.85. The number of H-pyrrole nitrogens is 1. The third kappa shape index (κ3) is 4.40. The molecule has 3 aliphatic rings. The largest absolute Gasteiger partial charge is 0.472 e. The lowest BCUT2D eigenvalue weighted by Crippen LogP contribution is -2.59. The number of imidazole rings is 1. The normalized spacial score (nSPS) is 25.5. The monoisotopic (exact) mass is 551 g/mol. The van der Waals surface area contributed by atoms with Crippen LogP contribution in [0.3, 0.4) is 0 Å².